The average molecular weight is 267 g/mol. The van der Waals surface area contributed by atoms with Crippen molar-refractivity contribution in [2.24, 2.45) is 7.05 Å². The van der Waals surface area contributed by atoms with Crippen LogP contribution in [0.2, 0.25) is 0 Å². The molecule has 0 amide bonds. The molecule has 0 fully saturated rings. The molecule has 0 unspecified atom stereocenters. The van der Waals surface area contributed by atoms with E-state index in [0.717, 1.165) is 6.07 Å². The second kappa shape index (κ2) is 5.36. The number of hydrogen-bond acceptors (Lipinski definition) is 3. The minimum atomic E-state index is -0.654. The van der Waals surface area contributed by atoms with Gasteiger partial charge in [-0.15, -0.1) is 0 Å². The van der Waals surface area contributed by atoms with Crippen LogP contribution in [0.1, 0.15) is 5.69 Å². The Kier molecular flexibility index (Phi) is 3.80. The molecule has 0 spiro atoms. The highest BCUT2D eigenvalue weighted by Crippen LogP contribution is 2.32. The number of methoxy groups -OCH3 is 1. The number of aryl methyl sites for hydroxylation is 1. The van der Waals surface area contributed by atoms with Gasteiger partial charge in [0, 0.05) is 37.8 Å². The van der Waals surface area contributed by atoms with E-state index in [1.54, 1.807) is 14.2 Å². The van der Waals surface area contributed by atoms with Crippen LogP contribution >= 0.6 is 0 Å². The summed E-state index contributed by atoms with van der Waals surface area (Å²) in [5.74, 6) is -0.933. The van der Waals surface area contributed by atoms with E-state index in [2.05, 4.69) is 5.10 Å². The van der Waals surface area contributed by atoms with Crippen LogP contribution in [0, 0.1) is 11.6 Å². The van der Waals surface area contributed by atoms with Gasteiger partial charge >= 0.3 is 0 Å². The summed E-state index contributed by atoms with van der Waals surface area (Å²) in [6.45, 7) is 0.451. The summed E-state index contributed by atoms with van der Waals surface area (Å²) in [7, 11) is 3.25. The Morgan fingerprint density at radius 1 is 1.37 bits per heavy atom. The Hall–Kier alpha value is -1.95. The number of nitrogens with two attached hydrogens (primary N) is 1. The summed E-state index contributed by atoms with van der Waals surface area (Å²) in [6, 6.07) is 3.40. The first-order valence-corrected chi connectivity index (χ1v) is 5.80. The molecule has 102 valence electrons. The second-order valence-corrected chi connectivity index (χ2v) is 4.20. The van der Waals surface area contributed by atoms with Crippen LogP contribution in [0.3, 0.4) is 0 Å². The van der Waals surface area contributed by atoms with Gasteiger partial charge in [0.15, 0.2) is 0 Å². The number of nitrogen functional groups attached to an aromatic ring is 1. The second-order valence-electron chi connectivity index (χ2n) is 4.20. The van der Waals surface area contributed by atoms with E-state index in [9.17, 15) is 8.78 Å². The third-order valence-electron chi connectivity index (χ3n) is 2.91. The van der Waals surface area contributed by atoms with Gasteiger partial charge in [-0.1, -0.05) is 0 Å². The van der Waals surface area contributed by atoms with Gasteiger partial charge in [0.2, 0.25) is 0 Å². The van der Waals surface area contributed by atoms with E-state index in [1.807, 2.05) is 0 Å². The third kappa shape index (κ3) is 2.58. The van der Waals surface area contributed by atoms with E-state index in [1.165, 1.54) is 16.8 Å². The highest BCUT2D eigenvalue weighted by Gasteiger charge is 2.18. The smallest absolute Gasteiger partial charge is 0.134 e. The lowest BCUT2D eigenvalue weighted by Gasteiger charge is -2.05. The van der Waals surface area contributed by atoms with E-state index in [4.69, 9.17) is 10.5 Å². The first kappa shape index (κ1) is 13.5. The lowest BCUT2D eigenvalue weighted by Crippen LogP contribution is -1.98. The average Bonchev–Trinajstić information content (AvgIpc) is 2.64. The number of nitrogens with zero attached hydrogens (tertiary/aromatic N) is 2. The van der Waals surface area contributed by atoms with E-state index >= 15 is 0 Å². The predicted molar refractivity (Wildman–Crippen MR) is 68.6 cm³/mol. The Labute approximate surface area is 109 Å². The zero-order chi connectivity index (χ0) is 14.0. The summed E-state index contributed by atoms with van der Waals surface area (Å²) in [4.78, 5) is 0. The summed E-state index contributed by atoms with van der Waals surface area (Å²) in [5, 5.41) is 4.24. The molecule has 2 aromatic rings. The molecule has 0 saturated heterocycles. The van der Waals surface area contributed by atoms with Gasteiger partial charge in [-0.05, 0) is 12.1 Å². The predicted octanol–water partition coefficient (Wildman–Crippen LogP) is 2.14. The van der Waals surface area contributed by atoms with Crippen molar-refractivity contribution in [1.29, 1.82) is 0 Å². The van der Waals surface area contributed by atoms with E-state index in [0.29, 0.717) is 30.1 Å². The minimum Gasteiger partial charge on any atom is -0.384 e. The van der Waals surface area contributed by atoms with Crippen molar-refractivity contribution in [3.8, 4) is 11.1 Å². The molecule has 1 heterocycles. The first-order valence-electron chi connectivity index (χ1n) is 5.80. The fourth-order valence-corrected chi connectivity index (χ4v) is 1.95. The van der Waals surface area contributed by atoms with Gasteiger partial charge in [-0.3, -0.25) is 4.68 Å². The van der Waals surface area contributed by atoms with Crippen LogP contribution in [0.5, 0.6) is 0 Å². The molecule has 6 heteroatoms. The van der Waals surface area contributed by atoms with Gasteiger partial charge in [0.1, 0.15) is 17.5 Å². The van der Waals surface area contributed by atoms with Crippen molar-refractivity contribution in [2.75, 3.05) is 19.5 Å². The highest BCUT2D eigenvalue weighted by molar-refractivity contribution is 5.77. The molecule has 19 heavy (non-hydrogen) atoms. The maximum Gasteiger partial charge on any atom is 0.134 e. The van der Waals surface area contributed by atoms with Crippen molar-refractivity contribution in [3.63, 3.8) is 0 Å². The fraction of sp³-hybridized carbons (Fsp3) is 0.308. The lowest BCUT2D eigenvalue weighted by molar-refractivity contribution is 0.201. The Morgan fingerprint density at radius 2 is 2.11 bits per heavy atom. The molecule has 4 nitrogen and oxygen atoms in total. The summed E-state index contributed by atoms with van der Waals surface area (Å²) in [5.41, 5.74) is 7.29. The van der Waals surface area contributed by atoms with Crippen molar-refractivity contribution in [2.45, 2.75) is 6.42 Å². The zero-order valence-corrected chi connectivity index (χ0v) is 10.8. The van der Waals surface area contributed by atoms with Gasteiger partial charge in [-0.2, -0.15) is 5.10 Å². The normalized spacial score (nSPS) is 10.9. The standard InChI is InChI=1S/C13H15F2N3O/c1-18-13(16)12(11(17-18)5-6-19-2)9-4-3-8(14)7-10(9)15/h3-4,7H,5-6,16H2,1-2H3. The number of anilines is 1. The van der Waals surface area contributed by atoms with Crippen LogP contribution in [0.25, 0.3) is 11.1 Å². The zero-order valence-electron chi connectivity index (χ0n) is 10.8. The molecule has 0 saturated carbocycles. The quantitative estimate of drug-likeness (QED) is 0.923. The number of hydrogen-bond donors (Lipinski definition) is 1. The van der Waals surface area contributed by atoms with E-state index in [-0.39, 0.29) is 5.56 Å². The van der Waals surface area contributed by atoms with Crippen LogP contribution in [0.4, 0.5) is 14.6 Å². The van der Waals surface area contributed by atoms with Crippen LogP contribution in [-0.2, 0) is 18.2 Å². The Morgan fingerprint density at radius 3 is 2.74 bits per heavy atom. The Balaban J connectivity index is 2.53. The van der Waals surface area contributed by atoms with Crippen molar-refractivity contribution in [1.82, 2.24) is 9.78 Å². The molecule has 1 aromatic heterocycles. The van der Waals surface area contributed by atoms with Crippen LogP contribution in [0.15, 0.2) is 18.2 Å². The van der Waals surface area contributed by atoms with Crippen LogP contribution < -0.4 is 5.73 Å². The molecule has 0 aliphatic heterocycles. The molecular formula is C13H15F2N3O. The lowest BCUT2D eigenvalue weighted by atomic mass is 10.0. The fourth-order valence-electron chi connectivity index (χ4n) is 1.95. The first-order chi connectivity index (χ1) is 9.04. The maximum absolute atomic E-state index is 13.9. The number of halogens is 2. The summed E-state index contributed by atoms with van der Waals surface area (Å²) >= 11 is 0. The number of aromatic nitrogens is 2. The summed E-state index contributed by atoms with van der Waals surface area (Å²) < 4.78 is 33.3. The highest BCUT2D eigenvalue weighted by atomic mass is 19.1. The third-order valence-corrected chi connectivity index (χ3v) is 2.91. The molecule has 2 rings (SSSR count). The topological polar surface area (TPSA) is 53.1 Å². The minimum absolute atomic E-state index is 0.248. The van der Waals surface area contributed by atoms with E-state index < -0.39 is 11.6 Å². The molecule has 0 bridgehead atoms. The SMILES string of the molecule is COCCc1nn(C)c(N)c1-c1ccc(F)cc1F. The monoisotopic (exact) mass is 267 g/mol. The largest absolute Gasteiger partial charge is 0.384 e. The van der Waals surface area contributed by atoms with Gasteiger partial charge in [-0.25, -0.2) is 8.78 Å². The van der Waals surface area contributed by atoms with Gasteiger partial charge in [0.05, 0.1) is 12.3 Å². The van der Waals surface area contributed by atoms with Crippen LogP contribution in [-0.4, -0.2) is 23.5 Å². The molecule has 2 N–H and O–H groups in total. The molecule has 0 aliphatic rings. The number of rotatable bonds is 4. The van der Waals surface area contributed by atoms with Crippen molar-refractivity contribution < 1.29 is 13.5 Å². The number of ether oxygens (including phenoxy) is 1. The molecule has 0 aliphatic carbocycles. The molecule has 1 aromatic carbocycles. The van der Waals surface area contributed by atoms with Gasteiger partial charge < -0.3 is 10.5 Å². The Bertz CT molecular complexity index is 596. The molecule has 0 atom stereocenters. The van der Waals surface area contributed by atoms with Crippen molar-refractivity contribution in [3.05, 3.63) is 35.5 Å². The maximum atomic E-state index is 13.9. The number of benzene rings is 1. The van der Waals surface area contributed by atoms with Crippen molar-refractivity contribution >= 4 is 5.82 Å². The van der Waals surface area contributed by atoms with Gasteiger partial charge in [0.25, 0.3) is 0 Å². The summed E-state index contributed by atoms with van der Waals surface area (Å²) in [6.07, 6.45) is 0.508. The molecule has 0 radical (unpaired) electrons. The molecular weight excluding hydrogens is 252 g/mol.